The molecule has 0 spiro atoms. The Morgan fingerprint density at radius 3 is 2.65 bits per heavy atom. The Morgan fingerprint density at radius 1 is 1.12 bits per heavy atom. The number of morpholine rings is 1. The average Bonchev–Trinajstić information content (AvgIpc) is 2.68. The predicted molar refractivity (Wildman–Crippen MR) is 98.5 cm³/mol. The first-order valence-electron chi connectivity index (χ1n) is 8.36. The van der Waals surface area contributed by atoms with Crippen molar-refractivity contribution in [3.63, 3.8) is 0 Å². The number of fused-ring (bicyclic) bond motifs is 1. The van der Waals surface area contributed by atoms with Gasteiger partial charge in [-0.25, -0.2) is 9.37 Å². The summed E-state index contributed by atoms with van der Waals surface area (Å²) in [7, 11) is 0. The fourth-order valence-corrected chi connectivity index (χ4v) is 2.90. The van der Waals surface area contributed by atoms with Gasteiger partial charge in [0, 0.05) is 19.3 Å². The van der Waals surface area contributed by atoms with Crippen molar-refractivity contribution < 1.29 is 9.13 Å². The van der Waals surface area contributed by atoms with Crippen LogP contribution in [0.4, 0.5) is 10.3 Å². The summed E-state index contributed by atoms with van der Waals surface area (Å²) in [6.45, 7) is 2.57. The maximum absolute atomic E-state index is 13.0. The lowest BCUT2D eigenvalue weighted by molar-refractivity contribution is 0.122. The van der Waals surface area contributed by atoms with Gasteiger partial charge in [0.05, 0.1) is 18.6 Å². The Morgan fingerprint density at radius 2 is 1.88 bits per heavy atom. The third-order valence-electron chi connectivity index (χ3n) is 4.26. The van der Waals surface area contributed by atoms with Crippen LogP contribution in [0.3, 0.4) is 0 Å². The van der Waals surface area contributed by atoms with Crippen LogP contribution in [0.25, 0.3) is 23.2 Å². The van der Waals surface area contributed by atoms with Crippen molar-refractivity contribution in [1.82, 2.24) is 15.0 Å². The summed E-state index contributed by atoms with van der Waals surface area (Å²) >= 11 is 0. The number of aromatic amines is 1. The van der Waals surface area contributed by atoms with E-state index in [0.29, 0.717) is 48.8 Å². The van der Waals surface area contributed by atoms with Crippen molar-refractivity contribution in [2.75, 3.05) is 31.2 Å². The fraction of sp³-hybridized carbons (Fsp3) is 0.211. The topological polar surface area (TPSA) is 71.1 Å². The molecule has 0 atom stereocenters. The van der Waals surface area contributed by atoms with Crippen molar-refractivity contribution in [2.24, 2.45) is 0 Å². The number of nitrogens with one attached hydrogen (secondary N) is 1. The van der Waals surface area contributed by atoms with Gasteiger partial charge < -0.3 is 9.64 Å². The van der Waals surface area contributed by atoms with E-state index in [4.69, 9.17) is 4.74 Å². The highest BCUT2D eigenvalue weighted by molar-refractivity contribution is 5.88. The van der Waals surface area contributed by atoms with Gasteiger partial charge in [-0.05, 0) is 29.3 Å². The molecule has 0 saturated carbocycles. The van der Waals surface area contributed by atoms with Gasteiger partial charge in [0.25, 0.3) is 5.56 Å². The van der Waals surface area contributed by atoms with Crippen LogP contribution in [0.5, 0.6) is 0 Å². The van der Waals surface area contributed by atoms with E-state index in [0.717, 1.165) is 5.56 Å². The van der Waals surface area contributed by atoms with Gasteiger partial charge in [-0.1, -0.05) is 24.3 Å². The molecular weight excluding hydrogens is 335 g/mol. The number of nitrogens with zero attached hydrogens (tertiary/aromatic N) is 3. The van der Waals surface area contributed by atoms with Crippen LogP contribution in [-0.4, -0.2) is 41.3 Å². The monoisotopic (exact) mass is 352 g/mol. The number of benzene rings is 1. The number of hydrogen-bond acceptors (Lipinski definition) is 5. The second-order valence-corrected chi connectivity index (χ2v) is 5.97. The summed E-state index contributed by atoms with van der Waals surface area (Å²) in [6, 6.07) is 7.90. The molecule has 0 unspecified atom stereocenters. The van der Waals surface area contributed by atoms with Gasteiger partial charge in [0.2, 0.25) is 5.95 Å². The second kappa shape index (κ2) is 7.05. The molecule has 1 fully saturated rings. The molecule has 2 aromatic heterocycles. The molecule has 26 heavy (non-hydrogen) atoms. The highest BCUT2D eigenvalue weighted by atomic mass is 19.1. The number of hydrogen-bond donors (Lipinski definition) is 1. The zero-order valence-electron chi connectivity index (χ0n) is 14.0. The predicted octanol–water partition coefficient (Wildman–Crippen LogP) is 2.46. The molecule has 1 aliphatic rings. The van der Waals surface area contributed by atoms with Crippen LogP contribution >= 0.6 is 0 Å². The van der Waals surface area contributed by atoms with Crippen LogP contribution in [0.1, 0.15) is 11.1 Å². The minimum atomic E-state index is -0.284. The molecule has 0 radical (unpaired) electrons. The van der Waals surface area contributed by atoms with Crippen LogP contribution in [-0.2, 0) is 4.74 Å². The Bertz CT molecular complexity index is 1010. The van der Waals surface area contributed by atoms with Gasteiger partial charge in [0.1, 0.15) is 5.82 Å². The molecule has 4 rings (SSSR count). The summed E-state index contributed by atoms with van der Waals surface area (Å²) in [5.41, 5.74) is 1.71. The first kappa shape index (κ1) is 16.4. The number of ether oxygens (including phenoxy) is 1. The molecule has 0 amide bonds. The molecule has 0 bridgehead atoms. The molecule has 0 aliphatic carbocycles. The first-order chi connectivity index (χ1) is 12.7. The summed E-state index contributed by atoms with van der Waals surface area (Å²) in [4.78, 5) is 26.2. The van der Waals surface area contributed by atoms with Crippen LogP contribution < -0.4 is 10.5 Å². The zero-order chi connectivity index (χ0) is 17.9. The quantitative estimate of drug-likeness (QED) is 0.784. The van der Waals surface area contributed by atoms with Crippen molar-refractivity contribution in [3.05, 3.63) is 63.8 Å². The largest absolute Gasteiger partial charge is 0.378 e. The molecule has 1 saturated heterocycles. The minimum Gasteiger partial charge on any atom is -0.378 e. The Kier molecular flexibility index (Phi) is 4.45. The van der Waals surface area contributed by atoms with Crippen molar-refractivity contribution >= 4 is 29.1 Å². The molecule has 3 aromatic rings. The molecule has 1 aromatic carbocycles. The van der Waals surface area contributed by atoms with Crippen molar-refractivity contribution in [2.45, 2.75) is 0 Å². The molecule has 6 nitrogen and oxygen atoms in total. The highest BCUT2D eigenvalue weighted by Gasteiger charge is 2.16. The normalized spacial score (nSPS) is 15.0. The van der Waals surface area contributed by atoms with E-state index < -0.39 is 0 Å². The molecule has 7 heteroatoms. The van der Waals surface area contributed by atoms with E-state index in [1.807, 2.05) is 17.1 Å². The summed E-state index contributed by atoms with van der Waals surface area (Å²) in [5, 5.41) is 0.433. The third-order valence-corrected chi connectivity index (χ3v) is 4.26. The molecular formula is C19H17FN4O2. The Balaban J connectivity index is 1.72. The highest BCUT2D eigenvalue weighted by Crippen LogP contribution is 2.17. The molecule has 1 aliphatic heterocycles. The van der Waals surface area contributed by atoms with Crippen LogP contribution in [0.2, 0.25) is 0 Å². The SMILES string of the molecule is O=c1[nH]c(N2CCOCC2)nc2nccc(/C=C/c3ccc(F)cc3)c12. The van der Waals surface area contributed by atoms with Crippen LogP contribution in [0.15, 0.2) is 41.3 Å². The summed E-state index contributed by atoms with van der Waals surface area (Å²) in [5.74, 6) is 0.228. The lowest BCUT2D eigenvalue weighted by Gasteiger charge is -2.27. The standard InChI is InChI=1S/C19H17FN4O2/c20-15-5-2-13(3-6-15)1-4-14-7-8-21-17-16(14)18(25)23-19(22-17)24-9-11-26-12-10-24/h1-8H,9-12H2,(H,21,22,23,25)/b4-1+. The first-order valence-corrected chi connectivity index (χ1v) is 8.36. The lowest BCUT2D eigenvalue weighted by atomic mass is 10.1. The lowest BCUT2D eigenvalue weighted by Crippen LogP contribution is -2.38. The Hall–Kier alpha value is -3.06. The van der Waals surface area contributed by atoms with Gasteiger partial charge in [-0.2, -0.15) is 4.98 Å². The van der Waals surface area contributed by atoms with E-state index in [9.17, 15) is 9.18 Å². The maximum Gasteiger partial charge on any atom is 0.262 e. The van der Waals surface area contributed by atoms with E-state index in [2.05, 4.69) is 15.0 Å². The fourth-order valence-electron chi connectivity index (χ4n) is 2.90. The number of H-pyrrole nitrogens is 1. The van der Waals surface area contributed by atoms with Gasteiger partial charge in [-0.15, -0.1) is 0 Å². The number of halogens is 1. The van der Waals surface area contributed by atoms with E-state index >= 15 is 0 Å². The van der Waals surface area contributed by atoms with Crippen LogP contribution in [0, 0.1) is 5.82 Å². The van der Waals surface area contributed by atoms with Gasteiger partial charge in [-0.3, -0.25) is 9.78 Å². The van der Waals surface area contributed by atoms with E-state index in [1.54, 1.807) is 24.4 Å². The van der Waals surface area contributed by atoms with E-state index in [1.165, 1.54) is 12.1 Å². The smallest absolute Gasteiger partial charge is 0.262 e. The number of rotatable bonds is 3. The molecule has 3 heterocycles. The zero-order valence-corrected chi connectivity index (χ0v) is 14.0. The average molecular weight is 352 g/mol. The number of aromatic nitrogens is 3. The summed E-state index contributed by atoms with van der Waals surface area (Å²) < 4.78 is 18.3. The van der Waals surface area contributed by atoms with Crippen molar-refractivity contribution in [3.8, 4) is 0 Å². The molecule has 1 N–H and O–H groups in total. The van der Waals surface area contributed by atoms with Gasteiger partial charge in [0.15, 0.2) is 5.65 Å². The third kappa shape index (κ3) is 3.34. The summed E-state index contributed by atoms with van der Waals surface area (Å²) in [6.07, 6.45) is 5.26. The van der Waals surface area contributed by atoms with E-state index in [-0.39, 0.29) is 11.4 Å². The maximum atomic E-state index is 13.0. The number of pyridine rings is 1. The van der Waals surface area contributed by atoms with Gasteiger partial charge >= 0.3 is 0 Å². The number of anilines is 1. The minimum absolute atomic E-state index is 0.233. The Labute approximate surface area is 149 Å². The molecule has 132 valence electrons. The second-order valence-electron chi connectivity index (χ2n) is 5.97. The van der Waals surface area contributed by atoms with Crippen molar-refractivity contribution in [1.29, 1.82) is 0 Å².